The molecule has 0 aliphatic heterocycles. The summed E-state index contributed by atoms with van der Waals surface area (Å²) in [5.41, 5.74) is 0. The van der Waals surface area contributed by atoms with E-state index in [4.69, 9.17) is 0 Å². The quantitative estimate of drug-likeness (QED) is 0.436. The second-order valence-electron chi connectivity index (χ2n) is 2.98. The number of rotatable bonds is 8. The molecule has 0 saturated heterocycles. The molecule has 0 heterocycles. The van der Waals surface area contributed by atoms with Gasteiger partial charge in [0.25, 0.3) is 0 Å². The van der Waals surface area contributed by atoms with Crippen LogP contribution in [0.25, 0.3) is 0 Å². The fraction of sp³-hybridized carbons (Fsp3) is 1.00. The van der Waals surface area contributed by atoms with Crippen LogP contribution in [0.2, 0.25) is 0 Å². The summed E-state index contributed by atoms with van der Waals surface area (Å²) in [5.74, 6) is 0. The number of unbranched alkanes of at least 4 members (excludes halogenated alkanes) is 4. The SMILES string of the molecule is CCCCC[Br+]CCCCC. The van der Waals surface area contributed by atoms with Crippen molar-refractivity contribution < 1.29 is 14.9 Å². The van der Waals surface area contributed by atoms with Crippen LogP contribution in [0.15, 0.2) is 0 Å². The lowest BCUT2D eigenvalue weighted by atomic mass is 10.3. The smallest absolute Gasteiger partial charge is 0.0654 e. The van der Waals surface area contributed by atoms with E-state index in [0.717, 1.165) is 0 Å². The lowest BCUT2D eigenvalue weighted by Crippen LogP contribution is -1.94. The zero-order valence-electron chi connectivity index (χ0n) is 8.03. The Balaban J connectivity index is 2.69. The molecule has 0 aromatic rings. The normalized spacial score (nSPS) is 10.4. The molecule has 1 heteroatoms. The fourth-order valence-corrected chi connectivity index (χ4v) is 2.95. The molecule has 0 spiro atoms. The van der Waals surface area contributed by atoms with E-state index < -0.39 is 0 Å². The van der Waals surface area contributed by atoms with E-state index in [1.807, 2.05) is 0 Å². The van der Waals surface area contributed by atoms with Crippen LogP contribution in [0.3, 0.4) is 0 Å². The van der Waals surface area contributed by atoms with E-state index in [0.29, 0.717) is 0 Å². The third-order valence-electron chi connectivity index (χ3n) is 1.74. The molecule has 68 valence electrons. The molecule has 0 rings (SSSR count). The Kier molecular flexibility index (Phi) is 10.9. The third-order valence-corrected chi connectivity index (χ3v) is 3.98. The van der Waals surface area contributed by atoms with Gasteiger partial charge in [-0.15, -0.1) is 0 Å². The molecule has 11 heavy (non-hydrogen) atoms. The van der Waals surface area contributed by atoms with Crippen molar-refractivity contribution in [1.29, 1.82) is 0 Å². The maximum absolute atomic E-state index is 2.28. The van der Waals surface area contributed by atoms with Crippen molar-refractivity contribution in [3.05, 3.63) is 0 Å². The number of hydrogen-bond acceptors (Lipinski definition) is 0. The van der Waals surface area contributed by atoms with Crippen molar-refractivity contribution in [1.82, 2.24) is 0 Å². The van der Waals surface area contributed by atoms with E-state index in [2.05, 4.69) is 13.8 Å². The molecule has 0 saturated carbocycles. The van der Waals surface area contributed by atoms with Crippen LogP contribution in [0.4, 0.5) is 0 Å². The zero-order chi connectivity index (χ0) is 8.36. The molecule has 0 radical (unpaired) electrons. The van der Waals surface area contributed by atoms with E-state index in [1.165, 1.54) is 64.1 Å². The highest BCUT2D eigenvalue weighted by Crippen LogP contribution is 1.98. The van der Waals surface area contributed by atoms with Gasteiger partial charge in [0.1, 0.15) is 0 Å². The first-order chi connectivity index (χ1) is 5.41. The largest absolute Gasteiger partial charge is 0.230 e. The van der Waals surface area contributed by atoms with Gasteiger partial charge in [0.15, 0.2) is 10.7 Å². The van der Waals surface area contributed by atoms with Gasteiger partial charge in [-0.3, -0.25) is 0 Å². The summed E-state index contributed by atoms with van der Waals surface area (Å²) in [7, 11) is 0. The summed E-state index contributed by atoms with van der Waals surface area (Å²) < 4.78 is 0. The minimum atomic E-state index is 1.22. The number of halogens is 1. The Morgan fingerprint density at radius 1 is 0.727 bits per heavy atom. The Labute approximate surface area is 78.3 Å². The average molecular weight is 222 g/mol. The predicted octanol–water partition coefficient (Wildman–Crippen LogP) is 3.45. The first-order valence-electron chi connectivity index (χ1n) is 4.95. The van der Waals surface area contributed by atoms with Gasteiger partial charge in [-0.05, 0) is 25.7 Å². The summed E-state index contributed by atoms with van der Waals surface area (Å²) in [4.78, 5) is 0. The second kappa shape index (κ2) is 10.5. The van der Waals surface area contributed by atoms with Crippen molar-refractivity contribution in [2.75, 3.05) is 10.7 Å². The van der Waals surface area contributed by atoms with Crippen molar-refractivity contribution >= 4 is 0 Å². The Hall–Kier alpha value is 0.480. The monoisotopic (exact) mass is 221 g/mol. The summed E-state index contributed by atoms with van der Waals surface area (Å²) in [6.45, 7) is 4.56. The fourth-order valence-electron chi connectivity index (χ4n) is 0.972. The van der Waals surface area contributed by atoms with E-state index in [9.17, 15) is 0 Å². The van der Waals surface area contributed by atoms with Gasteiger partial charge in [-0.1, -0.05) is 26.7 Å². The van der Waals surface area contributed by atoms with Gasteiger partial charge in [0.05, 0.1) is 0 Å². The number of hydrogen-bond donors (Lipinski definition) is 0. The van der Waals surface area contributed by atoms with E-state index >= 15 is 0 Å². The molecule has 0 nitrogen and oxygen atoms in total. The molecule has 0 N–H and O–H groups in total. The highest BCUT2D eigenvalue weighted by Gasteiger charge is 2.02. The topological polar surface area (TPSA) is 0 Å². The maximum atomic E-state index is 2.28. The number of alkyl halides is 2. The predicted molar refractivity (Wildman–Crippen MR) is 48.8 cm³/mol. The van der Waals surface area contributed by atoms with Crippen LogP contribution in [0.1, 0.15) is 52.4 Å². The zero-order valence-corrected chi connectivity index (χ0v) is 9.62. The Bertz CT molecular complexity index is 53.9. The molecular weight excluding hydrogens is 200 g/mol. The molecular formula is C10H22Br+. The first-order valence-corrected chi connectivity index (χ1v) is 7.19. The van der Waals surface area contributed by atoms with E-state index in [-0.39, 0.29) is 0 Å². The molecule has 0 atom stereocenters. The van der Waals surface area contributed by atoms with Crippen LogP contribution in [-0.2, 0) is 0 Å². The van der Waals surface area contributed by atoms with Gasteiger partial charge >= 0.3 is 0 Å². The second-order valence-corrected chi connectivity index (χ2v) is 5.36. The van der Waals surface area contributed by atoms with Gasteiger partial charge < -0.3 is 0 Å². The standard InChI is InChI=1S/C10H22Br/c1-3-5-7-9-11-10-8-6-4-2/h3-10H2,1-2H3/q+1. The minimum absolute atomic E-state index is 1.22. The summed E-state index contributed by atoms with van der Waals surface area (Å²) in [5, 5.41) is 3.00. The Morgan fingerprint density at radius 2 is 1.18 bits per heavy atom. The molecule has 0 unspecified atom stereocenters. The summed E-state index contributed by atoms with van der Waals surface area (Å²) >= 11 is 1.22. The van der Waals surface area contributed by atoms with Crippen molar-refractivity contribution in [2.24, 2.45) is 0 Å². The first kappa shape index (κ1) is 11.5. The summed E-state index contributed by atoms with van der Waals surface area (Å²) in [6.07, 6.45) is 8.59. The van der Waals surface area contributed by atoms with Gasteiger partial charge in [0, 0.05) is 0 Å². The Morgan fingerprint density at radius 3 is 1.55 bits per heavy atom. The molecule has 0 amide bonds. The van der Waals surface area contributed by atoms with Gasteiger partial charge in [-0.25, -0.2) is 0 Å². The van der Waals surface area contributed by atoms with E-state index in [1.54, 1.807) is 0 Å². The van der Waals surface area contributed by atoms with Crippen molar-refractivity contribution in [3.8, 4) is 0 Å². The van der Waals surface area contributed by atoms with Crippen LogP contribution in [0.5, 0.6) is 0 Å². The van der Waals surface area contributed by atoms with Crippen LogP contribution in [0, 0.1) is 14.9 Å². The van der Waals surface area contributed by atoms with Crippen molar-refractivity contribution in [3.63, 3.8) is 0 Å². The minimum Gasteiger partial charge on any atom is -0.0654 e. The van der Waals surface area contributed by atoms with Gasteiger partial charge in [-0.2, -0.15) is 0 Å². The summed E-state index contributed by atoms with van der Waals surface area (Å²) in [6, 6.07) is 0. The molecule has 0 aliphatic carbocycles. The average Bonchev–Trinajstić information content (AvgIpc) is 2.03. The molecule has 0 aliphatic rings. The highest BCUT2D eigenvalue weighted by atomic mass is 79.9. The molecule has 0 aromatic carbocycles. The van der Waals surface area contributed by atoms with Gasteiger partial charge in [0.2, 0.25) is 14.9 Å². The van der Waals surface area contributed by atoms with Crippen LogP contribution < -0.4 is 0 Å². The lowest BCUT2D eigenvalue weighted by Gasteiger charge is -1.88. The third kappa shape index (κ3) is 10.5. The molecule has 0 aromatic heterocycles. The van der Waals surface area contributed by atoms with Crippen LogP contribution in [-0.4, -0.2) is 10.7 Å². The molecule has 0 fully saturated rings. The molecule has 0 bridgehead atoms. The van der Waals surface area contributed by atoms with Crippen LogP contribution >= 0.6 is 0 Å². The van der Waals surface area contributed by atoms with Crippen molar-refractivity contribution in [2.45, 2.75) is 52.4 Å². The maximum Gasteiger partial charge on any atom is 0.230 e. The lowest BCUT2D eigenvalue weighted by molar-refractivity contribution is -0.655. The highest BCUT2D eigenvalue weighted by molar-refractivity contribution is 4.34.